The fourth-order valence-electron chi connectivity index (χ4n) is 3.65. The molecule has 0 fully saturated rings. The second-order valence-electron chi connectivity index (χ2n) is 8.33. The fraction of sp³-hybridized carbons (Fsp3) is 0.320. The molecular weight excluding hydrogens is 466 g/mol. The molecule has 0 spiro atoms. The SMILES string of the molecule is CCCCN(C)c1ccc(CC(N)(c2cccc(NCC(=O)O)n2)S(=O)(=O)c2ccccn2)cc1. The molecule has 186 valence electrons. The highest BCUT2D eigenvalue weighted by Crippen LogP contribution is 2.33. The van der Waals surface area contributed by atoms with Gasteiger partial charge in [-0.25, -0.2) is 18.4 Å². The number of anilines is 2. The van der Waals surface area contributed by atoms with E-state index >= 15 is 0 Å². The Morgan fingerprint density at radius 3 is 2.49 bits per heavy atom. The summed E-state index contributed by atoms with van der Waals surface area (Å²) in [7, 11) is -2.17. The van der Waals surface area contributed by atoms with E-state index in [1.54, 1.807) is 24.3 Å². The molecule has 3 aromatic rings. The Balaban J connectivity index is 2.01. The lowest BCUT2D eigenvalue weighted by molar-refractivity contribution is -0.134. The molecule has 1 unspecified atom stereocenters. The quantitative estimate of drug-likeness (QED) is 0.344. The number of carboxylic acids is 1. The van der Waals surface area contributed by atoms with Crippen LogP contribution < -0.4 is 16.0 Å². The van der Waals surface area contributed by atoms with E-state index < -0.39 is 20.7 Å². The Labute approximate surface area is 206 Å². The Bertz CT molecular complexity index is 1240. The van der Waals surface area contributed by atoms with Crippen LogP contribution in [-0.2, 0) is 25.9 Å². The van der Waals surface area contributed by atoms with Crippen molar-refractivity contribution >= 4 is 27.3 Å². The van der Waals surface area contributed by atoms with Crippen LogP contribution in [0.4, 0.5) is 11.5 Å². The van der Waals surface area contributed by atoms with E-state index in [9.17, 15) is 13.2 Å². The summed E-state index contributed by atoms with van der Waals surface area (Å²) in [5, 5.41) is 11.5. The van der Waals surface area contributed by atoms with Crippen molar-refractivity contribution in [2.75, 3.05) is 30.4 Å². The van der Waals surface area contributed by atoms with Gasteiger partial charge in [-0.15, -0.1) is 0 Å². The molecule has 9 nitrogen and oxygen atoms in total. The molecule has 0 saturated heterocycles. The average molecular weight is 498 g/mol. The summed E-state index contributed by atoms with van der Waals surface area (Å²) in [5.74, 6) is -0.856. The highest BCUT2D eigenvalue weighted by molar-refractivity contribution is 7.92. The van der Waals surface area contributed by atoms with Gasteiger partial charge in [-0.1, -0.05) is 37.6 Å². The number of hydrogen-bond donors (Lipinski definition) is 3. The van der Waals surface area contributed by atoms with Crippen LogP contribution >= 0.6 is 0 Å². The highest BCUT2D eigenvalue weighted by atomic mass is 32.2. The van der Waals surface area contributed by atoms with Gasteiger partial charge in [0.2, 0.25) is 9.84 Å². The number of nitrogens with one attached hydrogen (secondary N) is 1. The minimum absolute atomic E-state index is 0.0553. The third-order valence-corrected chi connectivity index (χ3v) is 7.79. The lowest BCUT2D eigenvalue weighted by Gasteiger charge is -2.29. The van der Waals surface area contributed by atoms with Gasteiger partial charge >= 0.3 is 5.97 Å². The van der Waals surface area contributed by atoms with E-state index in [1.807, 2.05) is 31.3 Å². The number of carboxylic acid groups (broad SMARTS) is 1. The van der Waals surface area contributed by atoms with E-state index in [0.29, 0.717) is 5.56 Å². The Morgan fingerprint density at radius 1 is 1.11 bits per heavy atom. The Morgan fingerprint density at radius 2 is 1.86 bits per heavy atom. The van der Waals surface area contributed by atoms with Gasteiger partial charge in [0.1, 0.15) is 12.4 Å². The molecule has 1 aromatic carbocycles. The van der Waals surface area contributed by atoms with Gasteiger partial charge in [0.05, 0.1) is 5.69 Å². The van der Waals surface area contributed by atoms with Crippen LogP contribution in [0.25, 0.3) is 0 Å². The van der Waals surface area contributed by atoms with Crippen molar-refractivity contribution in [2.24, 2.45) is 5.73 Å². The van der Waals surface area contributed by atoms with Gasteiger partial charge in [-0.2, -0.15) is 0 Å². The summed E-state index contributed by atoms with van der Waals surface area (Å²) in [6, 6.07) is 16.9. The van der Waals surface area contributed by atoms with Crippen LogP contribution in [0.15, 0.2) is 71.9 Å². The number of sulfone groups is 1. The van der Waals surface area contributed by atoms with Crippen LogP contribution in [0, 0.1) is 0 Å². The van der Waals surface area contributed by atoms with Gasteiger partial charge in [0.25, 0.3) is 0 Å². The molecule has 0 saturated carbocycles. The summed E-state index contributed by atoms with van der Waals surface area (Å²) in [4.78, 5) is 19.6. The molecule has 0 amide bonds. The van der Waals surface area contributed by atoms with Crippen molar-refractivity contribution in [3.05, 3.63) is 78.1 Å². The number of carbonyl (C=O) groups is 1. The van der Waals surface area contributed by atoms with Crippen molar-refractivity contribution in [3.8, 4) is 0 Å². The maximum Gasteiger partial charge on any atom is 0.322 e. The molecule has 4 N–H and O–H groups in total. The molecular formula is C25H31N5O4S. The van der Waals surface area contributed by atoms with E-state index in [4.69, 9.17) is 10.8 Å². The average Bonchev–Trinajstić information content (AvgIpc) is 2.87. The second-order valence-corrected chi connectivity index (χ2v) is 10.5. The molecule has 0 aliphatic heterocycles. The summed E-state index contributed by atoms with van der Waals surface area (Å²) in [6.45, 7) is 2.69. The van der Waals surface area contributed by atoms with Crippen molar-refractivity contribution in [3.63, 3.8) is 0 Å². The van der Waals surface area contributed by atoms with E-state index in [1.165, 1.54) is 18.3 Å². The summed E-state index contributed by atoms with van der Waals surface area (Å²) in [5.41, 5.74) is 8.53. The third kappa shape index (κ3) is 6.14. The first kappa shape index (κ1) is 26.1. The zero-order valence-corrected chi connectivity index (χ0v) is 20.7. The van der Waals surface area contributed by atoms with Gasteiger partial charge in [-0.3, -0.25) is 4.79 Å². The first-order valence-corrected chi connectivity index (χ1v) is 12.8. The number of aromatic nitrogens is 2. The topological polar surface area (TPSA) is 139 Å². The number of rotatable bonds is 12. The van der Waals surface area contributed by atoms with Crippen LogP contribution in [0.5, 0.6) is 0 Å². The van der Waals surface area contributed by atoms with Crippen molar-refractivity contribution in [1.29, 1.82) is 0 Å². The van der Waals surface area contributed by atoms with Crippen LogP contribution in [-0.4, -0.2) is 49.6 Å². The van der Waals surface area contributed by atoms with Gasteiger partial charge in [0, 0.05) is 31.9 Å². The lowest BCUT2D eigenvalue weighted by atomic mass is 10.0. The molecule has 0 aliphatic rings. The van der Waals surface area contributed by atoms with E-state index in [-0.39, 0.29) is 29.5 Å². The van der Waals surface area contributed by atoms with E-state index in [2.05, 4.69) is 27.1 Å². The van der Waals surface area contributed by atoms with Crippen molar-refractivity contribution < 1.29 is 18.3 Å². The number of hydrogen-bond acceptors (Lipinski definition) is 8. The number of nitrogens with two attached hydrogens (primary N) is 1. The smallest absolute Gasteiger partial charge is 0.322 e. The third-order valence-electron chi connectivity index (χ3n) is 5.69. The zero-order chi connectivity index (χ0) is 25.5. The molecule has 3 rings (SSSR count). The fourth-order valence-corrected chi connectivity index (χ4v) is 5.22. The normalized spacial score (nSPS) is 13.1. The molecule has 0 bridgehead atoms. The summed E-state index contributed by atoms with van der Waals surface area (Å²) < 4.78 is 27.6. The first-order valence-electron chi connectivity index (χ1n) is 11.3. The minimum atomic E-state index is -4.19. The lowest BCUT2D eigenvalue weighted by Crippen LogP contribution is -2.47. The maximum absolute atomic E-state index is 13.8. The molecule has 35 heavy (non-hydrogen) atoms. The summed E-state index contributed by atoms with van der Waals surface area (Å²) >= 11 is 0. The highest BCUT2D eigenvalue weighted by Gasteiger charge is 2.45. The number of pyridine rings is 2. The number of benzene rings is 1. The van der Waals surface area contributed by atoms with Crippen LogP contribution in [0.1, 0.15) is 31.0 Å². The standard InChI is InChI=1S/C25H31N5O4S/c1-3-4-16-30(2)20-13-11-19(12-14-20)17-25(26,35(33,34)23-10-5-6-15-27-23)21-8-7-9-22(29-21)28-18-24(31)32/h5-15H,3-4,16-18,26H2,1-2H3,(H,28,29)(H,31,32). The molecule has 0 radical (unpaired) electrons. The van der Waals surface area contributed by atoms with Gasteiger partial charge in [-0.05, 0) is 48.4 Å². The van der Waals surface area contributed by atoms with Crippen molar-refractivity contribution in [2.45, 2.75) is 36.1 Å². The molecule has 2 aromatic heterocycles. The minimum Gasteiger partial charge on any atom is -0.480 e. The van der Waals surface area contributed by atoms with Gasteiger partial charge < -0.3 is 21.1 Å². The first-order chi connectivity index (χ1) is 16.7. The monoisotopic (exact) mass is 497 g/mol. The van der Waals surface area contributed by atoms with Crippen LogP contribution in [0.2, 0.25) is 0 Å². The largest absolute Gasteiger partial charge is 0.480 e. The van der Waals surface area contributed by atoms with Crippen molar-refractivity contribution in [1.82, 2.24) is 9.97 Å². The second kappa shape index (κ2) is 11.3. The van der Waals surface area contributed by atoms with E-state index in [0.717, 1.165) is 25.1 Å². The number of aliphatic carboxylic acids is 1. The molecule has 2 heterocycles. The predicted molar refractivity (Wildman–Crippen MR) is 136 cm³/mol. The number of nitrogens with zero attached hydrogens (tertiary/aromatic N) is 3. The Kier molecular flexibility index (Phi) is 8.42. The van der Waals surface area contributed by atoms with Crippen LogP contribution in [0.3, 0.4) is 0 Å². The maximum atomic E-state index is 13.8. The molecule has 10 heteroatoms. The summed E-state index contributed by atoms with van der Waals surface area (Å²) in [6.07, 6.45) is 3.51. The predicted octanol–water partition coefficient (Wildman–Crippen LogP) is 3.04. The molecule has 1 atom stereocenters. The number of unbranched alkanes of at least 4 members (excludes halogenated alkanes) is 1. The zero-order valence-electron chi connectivity index (χ0n) is 19.9. The molecule has 0 aliphatic carbocycles. The van der Waals surface area contributed by atoms with Gasteiger partial charge in [0.15, 0.2) is 9.90 Å². The Hall–Kier alpha value is -3.50.